The van der Waals surface area contributed by atoms with E-state index in [-0.39, 0.29) is 4.87 Å². The van der Waals surface area contributed by atoms with E-state index in [0.717, 1.165) is 23.1 Å². The average molecular weight is 322 g/mol. The first kappa shape index (κ1) is 13.6. The maximum atomic E-state index is 11.7. The van der Waals surface area contributed by atoms with Crippen molar-refractivity contribution in [3.63, 3.8) is 0 Å². The molecule has 2 saturated carbocycles. The summed E-state index contributed by atoms with van der Waals surface area (Å²) in [6, 6.07) is 0.628. The number of thiazole rings is 1. The highest BCUT2D eigenvalue weighted by Crippen LogP contribution is 2.45. The van der Waals surface area contributed by atoms with Gasteiger partial charge in [-0.05, 0) is 32.6 Å². The van der Waals surface area contributed by atoms with Gasteiger partial charge in [0.15, 0.2) is 5.16 Å². The van der Waals surface area contributed by atoms with Gasteiger partial charge >= 0.3 is 4.87 Å². The van der Waals surface area contributed by atoms with Crippen molar-refractivity contribution < 1.29 is 0 Å². The van der Waals surface area contributed by atoms with Crippen LogP contribution >= 0.6 is 23.1 Å². The van der Waals surface area contributed by atoms with Gasteiger partial charge in [0.25, 0.3) is 0 Å². The predicted molar refractivity (Wildman–Crippen MR) is 84.3 cm³/mol. The number of nitrogens with zero attached hydrogens (tertiary/aromatic N) is 4. The van der Waals surface area contributed by atoms with Crippen LogP contribution in [-0.4, -0.2) is 25.1 Å². The summed E-state index contributed by atoms with van der Waals surface area (Å²) in [6.45, 7) is 2.73. The Balaban J connectivity index is 1.46. The molecule has 5 nitrogen and oxygen atoms in total. The van der Waals surface area contributed by atoms with Gasteiger partial charge in [-0.1, -0.05) is 23.1 Å². The lowest BCUT2D eigenvalue weighted by Gasteiger charge is -2.08. The molecule has 0 aromatic carbocycles. The third-order valence-corrected chi connectivity index (χ3v) is 5.87. The summed E-state index contributed by atoms with van der Waals surface area (Å²) in [4.78, 5) is 11.8. The molecular weight excluding hydrogens is 304 g/mol. The van der Waals surface area contributed by atoms with E-state index in [1.54, 1.807) is 11.8 Å². The molecule has 2 aromatic rings. The van der Waals surface area contributed by atoms with Gasteiger partial charge in [0, 0.05) is 35.3 Å². The number of aryl methyl sites for hydroxylation is 1. The van der Waals surface area contributed by atoms with Gasteiger partial charge in [0.1, 0.15) is 5.82 Å². The van der Waals surface area contributed by atoms with E-state index >= 15 is 0 Å². The van der Waals surface area contributed by atoms with E-state index in [4.69, 9.17) is 0 Å². The molecule has 0 unspecified atom stereocenters. The zero-order chi connectivity index (χ0) is 14.4. The minimum Gasteiger partial charge on any atom is -0.303 e. The van der Waals surface area contributed by atoms with Crippen LogP contribution in [0.5, 0.6) is 0 Å². The van der Waals surface area contributed by atoms with Crippen molar-refractivity contribution in [1.29, 1.82) is 0 Å². The Morgan fingerprint density at radius 1 is 1.33 bits per heavy atom. The van der Waals surface area contributed by atoms with Gasteiger partial charge in [-0.25, -0.2) is 0 Å². The molecule has 7 heteroatoms. The maximum Gasteiger partial charge on any atom is 0.307 e. The fourth-order valence-corrected chi connectivity index (χ4v) is 4.28. The van der Waals surface area contributed by atoms with Crippen molar-refractivity contribution in [3.8, 4) is 0 Å². The van der Waals surface area contributed by atoms with E-state index < -0.39 is 0 Å². The van der Waals surface area contributed by atoms with Crippen LogP contribution in [0.1, 0.15) is 49.2 Å². The normalized spacial score (nSPS) is 18.3. The van der Waals surface area contributed by atoms with Crippen LogP contribution in [0.4, 0.5) is 0 Å². The fraction of sp³-hybridized carbons (Fsp3) is 0.643. The van der Waals surface area contributed by atoms with Gasteiger partial charge in [-0.15, -0.1) is 10.2 Å². The van der Waals surface area contributed by atoms with Crippen LogP contribution in [0.25, 0.3) is 0 Å². The lowest BCUT2D eigenvalue weighted by atomic mass is 10.4. The Hall–Kier alpha value is -1.08. The zero-order valence-corrected chi connectivity index (χ0v) is 13.6. The average Bonchev–Trinajstić information content (AvgIpc) is 3.39. The molecule has 0 saturated heterocycles. The maximum absolute atomic E-state index is 11.7. The molecule has 2 aliphatic rings. The Bertz CT molecular complexity index is 709. The second-order valence-corrected chi connectivity index (χ2v) is 7.74. The highest BCUT2D eigenvalue weighted by molar-refractivity contribution is 7.99. The van der Waals surface area contributed by atoms with Crippen LogP contribution in [0.3, 0.4) is 0 Å². The first-order valence-electron chi connectivity index (χ1n) is 7.46. The molecule has 0 amide bonds. The van der Waals surface area contributed by atoms with Crippen LogP contribution < -0.4 is 4.87 Å². The first-order chi connectivity index (χ1) is 10.2. The first-order valence-corrected chi connectivity index (χ1v) is 9.33. The van der Waals surface area contributed by atoms with Crippen molar-refractivity contribution in [2.24, 2.45) is 0 Å². The minimum absolute atomic E-state index is 0.135. The van der Waals surface area contributed by atoms with E-state index in [0.29, 0.717) is 12.0 Å². The third kappa shape index (κ3) is 2.68. The molecule has 0 N–H and O–H groups in total. The topological polar surface area (TPSA) is 52.7 Å². The van der Waals surface area contributed by atoms with Crippen molar-refractivity contribution in [1.82, 2.24) is 19.3 Å². The highest BCUT2D eigenvalue weighted by Gasteiger charge is 2.36. The molecule has 4 rings (SSSR count). The van der Waals surface area contributed by atoms with Crippen LogP contribution in [0.2, 0.25) is 0 Å². The van der Waals surface area contributed by atoms with Gasteiger partial charge in [0.2, 0.25) is 0 Å². The number of hydrogen-bond donors (Lipinski definition) is 0. The predicted octanol–water partition coefficient (Wildman–Crippen LogP) is 2.81. The van der Waals surface area contributed by atoms with E-state index in [2.05, 4.69) is 14.8 Å². The summed E-state index contributed by atoms with van der Waals surface area (Å²) in [5.74, 6) is 2.71. The Kier molecular flexibility index (Phi) is 3.41. The van der Waals surface area contributed by atoms with Crippen molar-refractivity contribution in [3.05, 3.63) is 26.6 Å². The summed E-state index contributed by atoms with van der Waals surface area (Å²) in [7, 11) is 0. The second-order valence-electron chi connectivity index (χ2n) is 5.86. The van der Waals surface area contributed by atoms with Crippen molar-refractivity contribution >= 4 is 23.1 Å². The molecule has 0 aliphatic heterocycles. The molecule has 2 heterocycles. The number of rotatable bonds is 6. The highest BCUT2D eigenvalue weighted by atomic mass is 32.2. The van der Waals surface area contributed by atoms with Gasteiger partial charge in [-0.3, -0.25) is 4.79 Å². The Labute approximate surface area is 131 Å². The fourth-order valence-electron chi connectivity index (χ4n) is 2.59. The molecule has 2 aromatic heterocycles. The third-order valence-electron chi connectivity index (χ3n) is 4.07. The summed E-state index contributed by atoms with van der Waals surface area (Å²) < 4.78 is 4.21. The molecule has 2 fully saturated rings. The second kappa shape index (κ2) is 5.28. The van der Waals surface area contributed by atoms with E-state index in [1.165, 1.54) is 42.8 Å². The Morgan fingerprint density at radius 2 is 2.14 bits per heavy atom. The summed E-state index contributed by atoms with van der Waals surface area (Å²) in [6.07, 6.45) is 5.04. The SMILES string of the molecule is Cc1csc(=O)n1CCSc1nnc(C2CC2)n1C1CC1. The molecule has 2 aliphatic carbocycles. The van der Waals surface area contributed by atoms with Gasteiger partial charge in [0.05, 0.1) is 0 Å². The van der Waals surface area contributed by atoms with Crippen LogP contribution in [0, 0.1) is 6.92 Å². The smallest absolute Gasteiger partial charge is 0.303 e. The van der Waals surface area contributed by atoms with Gasteiger partial charge in [-0.2, -0.15) is 0 Å². The molecule has 0 spiro atoms. The quantitative estimate of drug-likeness (QED) is 0.768. The summed E-state index contributed by atoms with van der Waals surface area (Å²) >= 11 is 3.01. The zero-order valence-electron chi connectivity index (χ0n) is 12.0. The molecule has 112 valence electrons. The monoisotopic (exact) mass is 322 g/mol. The van der Waals surface area contributed by atoms with Gasteiger partial charge < -0.3 is 9.13 Å². The summed E-state index contributed by atoms with van der Waals surface area (Å²) in [5, 5.41) is 11.8. The van der Waals surface area contributed by atoms with E-state index in [1.807, 2.05) is 16.9 Å². The molecule has 0 radical (unpaired) electrons. The number of aromatic nitrogens is 4. The molecule has 21 heavy (non-hydrogen) atoms. The summed E-state index contributed by atoms with van der Waals surface area (Å²) in [5.41, 5.74) is 1.05. The molecule has 0 atom stereocenters. The van der Waals surface area contributed by atoms with Crippen LogP contribution in [-0.2, 0) is 6.54 Å². The molecule has 0 bridgehead atoms. The van der Waals surface area contributed by atoms with Crippen molar-refractivity contribution in [2.45, 2.75) is 56.3 Å². The van der Waals surface area contributed by atoms with E-state index in [9.17, 15) is 4.79 Å². The van der Waals surface area contributed by atoms with Crippen LogP contribution in [0.15, 0.2) is 15.3 Å². The standard InChI is InChI=1S/C14H18N4OS2/c1-9-8-21-14(19)17(9)6-7-20-13-16-15-12(10-2-3-10)18(13)11-4-5-11/h8,10-11H,2-7H2,1H3. The Morgan fingerprint density at radius 3 is 2.76 bits per heavy atom. The lowest BCUT2D eigenvalue weighted by Crippen LogP contribution is -2.16. The minimum atomic E-state index is 0.135. The van der Waals surface area contributed by atoms with Crippen molar-refractivity contribution in [2.75, 3.05) is 5.75 Å². The largest absolute Gasteiger partial charge is 0.307 e. The number of thioether (sulfide) groups is 1. The molecular formula is C14H18N4OS2. The number of hydrogen-bond acceptors (Lipinski definition) is 5. The lowest BCUT2D eigenvalue weighted by molar-refractivity contribution is 0.625.